The average Bonchev–Trinajstić information content (AvgIpc) is 2.70. The van der Waals surface area contributed by atoms with Gasteiger partial charge in [-0.1, -0.05) is 25.0 Å². The van der Waals surface area contributed by atoms with Crippen LogP contribution in [0, 0.1) is 17.3 Å². The zero-order valence-electron chi connectivity index (χ0n) is 11.5. The minimum Gasteiger partial charge on any atom is -0.355 e. The quantitative estimate of drug-likeness (QED) is 0.548. The molecule has 0 aromatic carbocycles. The molecule has 0 amide bonds. The molecule has 0 aromatic rings. The van der Waals surface area contributed by atoms with Crippen molar-refractivity contribution in [2.24, 2.45) is 17.3 Å². The molecule has 2 fully saturated rings. The zero-order chi connectivity index (χ0) is 12.5. The molecule has 2 saturated carbocycles. The van der Waals surface area contributed by atoms with Crippen molar-refractivity contribution in [3.8, 4) is 0 Å². The minimum atomic E-state index is -0.0583. The third kappa shape index (κ3) is 1.96. The topological polar surface area (TPSA) is 18.5 Å². The number of methoxy groups -OCH3 is 2. The number of ether oxygens (including phenoxy) is 2. The summed E-state index contributed by atoms with van der Waals surface area (Å²) in [6.07, 6.45) is 7.79. The fraction of sp³-hybridized carbons (Fsp3) is 0.867. The van der Waals surface area contributed by atoms with Crippen LogP contribution < -0.4 is 0 Å². The van der Waals surface area contributed by atoms with Crippen molar-refractivity contribution in [3.63, 3.8) is 0 Å². The highest BCUT2D eigenvalue weighted by molar-refractivity contribution is 5.13. The Bertz CT molecular complexity index is 283. The molecule has 0 aliphatic heterocycles. The molecule has 2 aliphatic carbocycles. The molecule has 0 radical (unpaired) electrons. The van der Waals surface area contributed by atoms with E-state index in [2.05, 4.69) is 13.5 Å². The molecule has 0 aromatic heterocycles. The van der Waals surface area contributed by atoms with Crippen molar-refractivity contribution in [1.29, 1.82) is 0 Å². The van der Waals surface area contributed by atoms with Crippen LogP contribution in [0.2, 0.25) is 0 Å². The summed E-state index contributed by atoms with van der Waals surface area (Å²) in [5, 5.41) is 0. The molecule has 17 heavy (non-hydrogen) atoms. The van der Waals surface area contributed by atoms with Crippen LogP contribution in [0.3, 0.4) is 0 Å². The molecule has 2 rings (SSSR count). The molecule has 2 aliphatic rings. The van der Waals surface area contributed by atoms with Crippen LogP contribution in [0.25, 0.3) is 0 Å². The number of rotatable bonds is 4. The van der Waals surface area contributed by atoms with Crippen LogP contribution in [0.1, 0.15) is 45.4 Å². The first-order valence-corrected chi connectivity index (χ1v) is 6.87. The molecule has 0 N–H and O–H groups in total. The van der Waals surface area contributed by atoms with Gasteiger partial charge in [0.15, 0.2) is 6.29 Å². The fourth-order valence-corrected chi connectivity index (χ4v) is 4.52. The lowest BCUT2D eigenvalue weighted by atomic mass is 9.62. The maximum Gasteiger partial charge on any atom is 0.163 e. The van der Waals surface area contributed by atoms with Gasteiger partial charge in [0, 0.05) is 19.6 Å². The van der Waals surface area contributed by atoms with Crippen LogP contribution in [-0.2, 0) is 9.47 Å². The van der Waals surface area contributed by atoms with Crippen LogP contribution in [0.5, 0.6) is 0 Å². The zero-order valence-corrected chi connectivity index (χ0v) is 11.5. The summed E-state index contributed by atoms with van der Waals surface area (Å²) in [5.74, 6) is 1.35. The van der Waals surface area contributed by atoms with Gasteiger partial charge in [-0.2, -0.15) is 0 Å². The highest BCUT2D eigenvalue weighted by atomic mass is 16.7. The van der Waals surface area contributed by atoms with Gasteiger partial charge >= 0.3 is 0 Å². The Morgan fingerprint density at radius 2 is 1.88 bits per heavy atom. The van der Waals surface area contributed by atoms with E-state index >= 15 is 0 Å². The van der Waals surface area contributed by atoms with E-state index in [-0.39, 0.29) is 11.7 Å². The van der Waals surface area contributed by atoms with E-state index in [1.54, 1.807) is 14.2 Å². The molecular weight excluding hydrogens is 212 g/mol. The summed E-state index contributed by atoms with van der Waals surface area (Å²) in [7, 11) is 3.56. The van der Waals surface area contributed by atoms with Gasteiger partial charge in [0.25, 0.3) is 0 Å². The summed E-state index contributed by atoms with van der Waals surface area (Å²) in [4.78, 5) is 0. The molecule has 98 valence electrons. The van der Waals surface area contributed by atoms with Crippen LogP contribution >= 0.6 is 0 Å². The maximum absolute atomic E-state index is 5.66. The van der Waals surface area contributed by atoms with Gasteiger partial charge in [-0.25, -0.2) is 0 Å². The lowest BCUT2D eigenvalue weighted by Crippen LogP contribution is -2.47. The molecule has 2 nitrogen and oxygen atoms in total. The van der Waals surface area contributed by atoms with Crippen LogP contribution in [0.15, 0.2) is 12.2 Å². The van der Waals surface area contributed by atoms with Gasteiger partial charge in [0.05, 0.1) is 0 Å². The molecule has 0 bridgehead atoms. The lowest BCUT2D eigenvalue weighted by molar-refractivity contribution is -0.209. The third-order valence-corrected chi connectivity index (χ3v) is 5.09. The first-order valence-electron chi connectivity index (χ1n) is 6.87. The highest BCUT2D eigenvalue weighted by Gasteiger charge is 2.56. The van der Waals surface area contributed by atoms with Crippen molar-refractivity contribution in [2.45, 2.75) is 51.7 Å². The van der Waals surface area contributed by atoms with E-state index < -0.39 is 0 Å². The number of hydrogen-bond acceptors (Lipinski definition) is 2. The average molecular weight is 238 g/mol. The Labute approximate surface area is 105 Å². The van der Waals surface area contributed by atoms with E-state index in [9.17, 15) is 0 Å². The Kier molecular flexibility index (Phi) is 3.94. The Morgan fingerprint density at radius 1 is 1.18 bits per heavy atom. The molecule has 3 atom stereocenters. The second-order valence-electron chi connectivity index (χ2n) is 5.83. The summed E-state index contributed by atoms with van der Waals surface area (Å²) in [6.45, 7) is 6.39. The van der Waals surface area contributed by atoms with Crippen molar-refractivity contribution in [3.05, 3.63) is 12.2 Å². The maximum atomic E-state index is 5.66. The first kappa shape index (κ1) is 13.1. The molecule has 0 unspecified atom stereocenters. The highest BCUT2D eigenvalue weighted by Crippen LogP contribution is 2.60. The lowest BCUT2D eigenvalue weighted by Gasteiger charge is -2.47. The van der Waals surface area contributed by atoms with Gasteiger partial charge in [-0.15, -0.1) is 0 Å². The fourth-order valence-electron chi connectivity index (χ4n) is 4.52. The van der Waals surface area contributed by atoms with Gasteiger partial charge < -0.3 is 9.47 Å². The van der Waals surface area contributed by atoms with Gasteiger partial charge in [0.1, 0.15) is 0 Å². The summed E-state index contributed by atoms with van der Waals surface area (Å²) in [6, 6.07) is 0. The molecule has 0 heterocycles. The van der Waals surface area contributed by atoms with Crippen molar-refractivity contribution in [2.75, 3.05) is 14.2 Å². The van der Waals surface area contributed by atoms with E-state index in [0.29, 0.717) is 5.92 Å². The minimum absolute atomic E-state index is 0.0583. The van der Waals surface area contributed by atoms with Crippen molar-refractivity contribution < 1.29 is 9.47 Å². The summed E-state index contributed by atoms with van der Waals surface area (Å²) in [5.41, 5.74) is 1.52. The predicted molar refractivity (Wildman–Crippen MR) is 69.7 cm³/mol. The molecular formula is C15H26O2. The van der Waals surface area contributed by atoms with E-state index in [4.69, 9.17) is 9.47 Å². The third-order valence-electron chi connectivity index (χ3n) is 5.09. The predicted octanol–water partition coefficient (Wildman–Crippen LogP) is 3.77. The van der Waals surface area contributed by atoms with E-state index in [0.717, 1.165) is 5.92 Å². The standard InChI is InChI=1S/C15H26O2/c1-11(2)13-9-8-12-7-5-6-10-15(12,13)14(16-3)17-4/h12-14H,1,5-10H2,2-4H3/t12-,13+,15+/m1/s1. The van der Waals surface area contributed by atoms with Crippen molar-refractivity contribution in [1.82, 2.24) is 0 Å². The normalized spacial score (nSPS) is 37.2. The van der Waals surface area contributed by atoms with Gasteiger partial charge in [-0.3, -0.25) is 0 Å². The second kappa shape index (κ2) is 5.11. The number of hydrogen-bond donors (Lipinski definition) is 0. The van der Waals surface area contributed by atoms with Gasteiger partial charge in [-0.05, 0) is 44.4 Å². The Hall–Kier alpha value is -0.340. The first-order chi connectivity index (χ1) is 8.16. The summed E-state index contributed by atoms with van der Waals surface area (Å²) >= 11 is 0. The van der Waals surface area contributed by atoms with Crippen LogP contribution in [-0.4, -0.2) is 20.5 Å². The van der Waals surface area contributed by atoms with Gasteiger partial charge in [0.2, 0.25) is 0 Å². The Morgan fingerprint density at radius 3 is 2.47 bits per heavy atom. The summed E-state index contributed by atoms with van der Waals surface area (Å²) < 4.78 is 11.3. The van der Waals surface area contributed by atoms with Crippen molar-refractivity contribution >= 4 is 0 Å². The number of fused-ring (bicyclic) bond motifs is 1. The molecule has 0 saturated heterocycles. The van der Waals surface area contributed by atoms with E-state index in [1.165, 1.54) is 44.1 Å². The monoisotopic (exact) mass is 238 g/mol. The molecule has 2 heteroatoms. The Balaban J connectivity index is 2.34. The SMILES string of the molecule is C=C(C)[C@@H]1CC[C@H]2CCCC[C@]21C(OC)OC. The largest absolute Gasteiger partial charge is 0.355 e. The smallest absolute Gasteiger partial charge is 0.163 e. The number of allylic oxidation sites excluding steroid dienone is 1. The molecule has 0 spiro atoms. The van der Waals surface area contributed by atoms with Crippen LogP contribution in [0.4, 0.5) is 0 Å². The van der Waals surface area contributed by atoms with E-state index in [1.807, 2.05) is 0 Å². The second-order valence-corrected chi connectivity index (χ2v) is 5.83.